The van der Waals surface area contributed by atoms with E-state index in [-0.39, 0.29) is 25.7 Å². The van der Waals surface area contributed by atoms with Crippen molar-refractivity contribution in [3.63, 3.8) is 0 Å². The highest BCUT2D eigenvalue weighted by molar-refractivity contribution is 5.67. The van der Waals surface area contributed by atoms with Gasteiger partial charge in [-0.15, -0.1) is 0 Å². The van der Waals surface area contributed by atoms with Gasteiger partial charge in [-0.05, 0) is 12.8 Å². The summed E-state index contributed by atoms with van der Waals surface area (Å²) < 4.78 is 239. The zero-order valence-corrected chi connectivity index (χ0v) is 20.1. The molecule has 0 heterocycles. The topological polar surface area (TPSA) is 76.7 Å². The van der Waals surface area contributed by atoms with E-state index in [0.29, 0.717) is 0 Å². The molecule has 0 aliphatic heterocycles. The van der Waals surface area contributed by atoms with Gasteiger partial charge in [-0.3, -0.25) is 0 Å². The monoisotopic (exact) mass is 668 g/mol. The third-order valence-electron chi connectivity index (χ3n) is 4.86. The highest BCUT2D eigenvalue weighted by Gasteiger charge is 2.84. The maximum atomic E-state index is 13.3. The van der Waals surface area contributed by atoms with Crippen molar-refractivity contribution in [2.75, 3.05) is 26.4 Å². The molecule has 0 spiro atoms. The Hall–Kier alpha value is -2.72. The molecule has 0 saturated heterocycles. The van der Waals surface area contributed by atoms with Gasteiger partial charge in [0.05, 0.1) is 0 Å². The molecule has 250 valence electrons. The summed E-state index contributed by atoms with van der Waals surface area (Å²) in [5.74, 6) is -40.7. The van der Waals surface area contributed by atoms with Gasteiger partial charge >= 0.3 is 59.9 Å². The summed E-state index contributed by atoms with van der Waals surface area (Å²) in [5.41, 5.74) is 0. The standard InChI is InChI=1S/C18H18F18N2O4/c19-7-11(21,22)13(25,26)15(29,30)17(33,34)41-9(39)37-5-3-1-2-4-6-38-10(40)42-18(35,36)16(31,32)14(27,28)12(23,24)8-20/h1-8H2,(H,37,39)(H,38,40). The van der Waals surface area contributed by atoms with Gasteiger partial charge in [-0.1, -0.05) is 12.8 Å². The van der Waals surface area contributed by atoms with Gasteiger partial charge in [0.15, 0.2) is 13.3 Å². The molecule has 6 nitrogen and oxygen atoms in total. The van der Waals surface area contributed by atoms with Crippen molar-refractivity contribution in [1.29, 1.82) is 0 Å². The van der Waals surface area contributed by atoms with Crippen LogP contribution in [0.4, 0.5) is 88.6 Å². The predicted octanol–water partition coefficient (Wildman–Crippen LogP) is 6.94. The highest BCUT2D eigenvalue weighted by atomic mass is 19.4. The Bertz CT molecular complexity index is 843. The van der Waals surface area contributed by atoms with E-state index in [4.69, 9.17) is 0 Å². The molecule has 2 amide bonds. The lowest BCUT2D eigenvalue weighted by Gasteiger charge is -2.34. The summed E-state index contributed by atoms with van der Waals surface area (Å²) in [6.45, 7) is -8.43. The maximum absolute atomic E-state index is 13.3. The average molecular weight is 668 g/mol. The first-order chi connectivity index (χ1) is 18.6. The number of nitrogens with one attached hydrogen (secondary N) is 2. The van der Waals surface area contributed by atoms with Crippen LogP contribution in [-0.4, -0.2) is 86.4 Å². The Morgan fingerprint density at radius 2 is 0.714 bits per heavy atom. The van der Waals surface area contributed by atoms with Crippen molar-refractivity contribution < 1.29 is 98.1 Å². The molecule has 0 aliphatic rings. The fraction of sp³-hybridized carbons (Fsp3) is 0.889. The summed E-state index contributed by atoms with van der Waals surface area (Å²) >= 11 is 0. The van der Waals surface area contributed by atoms with Gasteiger partial charge in [0.2, 0.25) is 0 Å². The van der Waals surface area contributed by atoms with Crippen LogP contribution in [0.25, 0.3) is 0 Å². The van der Waals surface area contributed by atoms with Crippen LogP contribution in [-0.2, 0) is 9.47 Å². The Balaban J connectivity index is 4.62. The molecule has 0 aromatic carbocycles. The number of carbonyl (C=O) groups excluding carboxylic acids is 2. The van der Waals surface area contributed by atoms with E-state index >= 15 is 0 Å². The third-order valence-corrected chi connectivity index (χ3v) is 4.86. The van der Waals surface area contributed by atoms with Crippen molar-refractivity contribution in [3.05, 3.63) is 0 Å². The molecule has 0 atom stereocenters. The molecule has 0 radical (unpaired) electrons. The summed E-state index contributed by atoms with van der Waals surface area (Å²) in [6, 6.07) is 0. The minimum Gasteiger partial charge on any atom is -0.379 e. The maximum Gasteiger partial charge on any atom is 0.474 e. The van der Waals surface area contributed by atoms with Crippen LogP contribution in [0.5, 0.6) is 0 Å². The largest absolute Gasteiger partial charge is 0.474 e. The minimum atomic E-state index is -7.08. The van der Waals surface area contributed by atoms with Crippen molar-refractivity contribution >= 4 is 12.2 Å². The first-order valence-electron chi connectivity index (χ1n) is 10.7. The summed E-state index contributed by atoms with van der Waals surface area (Å²) in [4.78, 5) is 22.3. The fourth-order valence-electron chi connectivity index (χ4n) is 2.41. The zero-order valence-electron chi connectivity index (χ0n) is 20.1. The first kappa shape index (κ1) is 39.3. The van der Waals surface area contributed by atoms with Crippen LogP contribution in [0.15, 0.2) is 0 Å². The van der Waals surface area contributed by atoms with E-state index in [9.17, 15) is 88.6 Å². The van der Waals surface area contributed by atoms with Gasteiger partial charge in [-0.2, -0.15) is 70.2 Å². The Labute approximate surface area is 222 Å². The predicted molar refractivity (Wildman–Crippen MR) is 99.0 cm³/mol. The molecule has 42 heavy (non-hydrogen) atoms. The Morgan fingerprint density at radius 1 is 0.452 bits per heavy atom. The van der Waals surface area contributed by atoms with Gasteiger partial charge in [0.25, 0.3) is 0 Å². The van der Waals surface area contributed by atoms with E-state index in [2.05, 4.69) is 9.47 Å². The number of hydrogen-bond acceptors (Lipinski definition) is 4. The molecule has 0 unspecified atom stereocenters. The van der Waals surface area contributed by atoms with Crippen LogP contribution in [0.3, 0.4) is 0 Å². The number of carbonyl (C=O) groups is 2. The lowest BCUT2D eigenvalue weighted by atomic mass is 10.0. The van der Waals surface area contributed by atoms with E-state index in [1.54, 1.807) is 0 Å². The third kappa shape index (κ3) is 8.01. The zero-order chi connectivity index (χ0) is 33.6. The minimum absolute atomic E-state index is 0.122. The normalized spacial score (nSPS) is 14.4. The number of alkyl halides is 18. The molecule has 0 aromatic heterocycles. The van der Waals surface area contributed by atoms with Gasteiger partial charge in [0, 0.05) is 13.1 Å². The molecule has 0 rings (SSSR count). The number of halogens is 18. The summed E-state index contributed by atoms with van der Waals surface area (Å²) in [5, 5.41) is 2.66. The number of alkyl carbamates (subject to hydrolysis) is 2. The number of hydrogen-bond donors (Lipinski definition) is 2. The highest BCUT2D eigenvalue weighted by Crippen LogP contribution is 2.54. The van der Waals surface area contributed by atoms with Crippen molar-refractivity contribution in [2.24, 2.45) is 0 Å². The van der Waals surface area contributed by atoms with E-state index in [1.807, 2.05) is 0 Å². The van der Waals surface area contributed by atoms with Crippen molar-refractivity contribution in [2.45, 2.75) is 73.4 Å². The average Bonchev–Trinajstić information content (AvgIpc) is 2.84. The fourth-order valence-corrected chi connectivity index (χ4v) is 2.41. The van der Waals surface area contributed by atoms with Gasteiger partial charge in [0.1, 0.15) is 0 Å². The Kier molecular flexibility index (Phi) is 12.4. The summed E-state index contributed by atoms with van der Waals surface area (Å²) in [6.07, 6.45) is -19.0. The quantitative estimate of drug-likeness (QED) is 0.130. The number of unbranched alkanes of at least 4 members (excludes halogenated alkanes) is 3. The first-order valence-corrected chi connectivity index (χ1v) is 10.7. The van der Waals surface area contributed by atoms with E-state index in [0.717, 1.165) is 0 Å². The molecule has 0 saturated carbocycles. The summed E-state index contributed by atoms with van der Waals surface area (Å²) in [7, 11) is 0. The lowest BCUT2D eigenvalue weighted by Crippen LogP contribution is -2.64. The van der Waals surface area contributed by atoms with E-state index < -0.39 is 86.4 Å². The van der Waals surface area contributed by atoms with Crippen LogP contribution in [0, 0.1) is 0 Å². The second-order valence-corrected chi connectivity index (χ2v) is 8.05. The number of amides is 2. The van der Waals surface area contributed by atoms with Crippen molar-refractivity contribution in [1.82, 2.24) is 10.6 Å². The molecular formula is C18H18F18N2O4. The molecule has 24 heteroatoms. The Morgan fingerprint density at radius 3 is 0.952 bits per heavy atom. The molecule has 0 fully saturated rings. The van der Waals surface area contributed by atoms with Crippen LogP contribution < -0.4 is 10.6 Å². The molecule has 0 aromatic rings. The number of rotatable bonds is 17. The molecule has 2 N–H and O–H groups in total. The molecular weight excluding hydrogens is 650 g/mol. The van der Waals surface area contributed by atoms with Crippen LogP contribution in [0.2, 0.25) is 0 Å². The second kappa shape index (κ2) is 13.3. The van der Waals surface area contributed by atoms with Crippen LogP contribution >= 0.6 is 0 Å². The van der Waals surface area contributed by atoms with Crippen LogP contribution in [0.1, 0.15) is 25.7 Å². The number of ether oxygens (including phenoxy) is 2. The molecule has 0 bridgehead atoms. The second-order valence-electron chi connectivity index (χ2n) is 8.05. The van der Waals surface area contributed by atoms with Crippen molar-refractivity contribution in [3.8, 4) is 0 Å². The van der Waals surface area contributed by atoms with Gasteiger partial charge < -0.3 is 20.1 Å². The molecule has 0 aliphatic carbocycles. The smallest absolute Gasteiger partial charge is 0.379 e. The lowest BCUT2D eigenvalue weighted by molar-refractivity contribution is -0.414. The van der Waals surface area contributed by atoms with Gasteiger partial charge in [-0.25, -0.2) is 18.4 Å². The SMILES string of the molecule is O=C(NCCCCCCNC(=O)OC(F)(F)C(F)(F)C(F)(F)C(F)(F)CF)OC(F)(F)C(F)(F)C(F)(F)C(F)(F)CF. The van der Waals surface area contributed by atoms with E-state index in [1.165, 1.54) is 10.6 Å².